The summed E-state index contributed by atoms with van der Waals surface area (Å²) in [6.07, 6.45) is 4.44. The summed E-state index contributed by atoms with van der Waals surface area (Å²) in [6.45, 7) is 6.48. The van der Waals surface area contributed by atoms with E-state index in [2.05, 4.69) is 20.6 Å². The largest absolute Gasteiger partial charge is 0.357 e. The molecule has 2 rings (SSSR count). The van der Waals surface area contributed by atoms with Gasteiger partial charge >= 0.3 is 0 Å². The molecule has 0 atom stereocenters. The molecule has 148 valence electrons. The number of aromatic nitrogens is 1. The first-order valence-electron chi connectivity index (χ1n) is 9.10. The quantitative estimate of drug-likeness (QED) is 0.276. The minimum Gasteiger partial charge on any atom is -0.357 e. The Morgan fingerprint density at radius 2 is 2.19 bits per heavy atom. The molecule has 1 aromatic rings. The molecule has 0 aliphatic carbocycles. The molecule has 10 heteroatoms. The SMILES string of the molecule is CCNC(=NCCCSc1nccs1)NC1CCN(S(=O)(=O)CC)CC1. The van der Waals surface area contributed by atoms with E-state index in [1.165, 1.54) is 0 Å². The number of hydrogen-bond acceptors (Lipinski definition) is 6. The minimum absolute atomic E-state index is 0.175. The first kappa shape index (κ1) is 21.5. The van der Waals surface area contributed by atoms with Gasteiger partial charge in [0.05, 0.1) is 5.75 Å². The molecule has 1 aliphatic heterocycles. The zero-order chi connectivity index (χ0) is 18.8. The maximum Gasteiger partial charge on any atom is 0.213 e. The molecule has 0 aromatic carbocycles. The maximum absolute atomic E-state index is 11.9. The summed E-state index contributed by atoms with van der Waals surface area (Å²) < 4.78 is 26.6. The van der Waals surface area contributed by atoms with Crippen molar-refractivity contribution in [2.45, 2.75) is 43.5 Å². The zero-order valence-corrected chi connectivity index (χ0v) is 17.9. The van der Waals surface area contributed by atoms with Crippen molar-refractivity contribution in [3.8, 4) is 0 Å². The van der Waals surface area contributed by atoms with Gasteiger partial charge in [0.2, 0.25) is 10.0 Å². The lowest BCUT2D eigenvalue weighted by molar-refractivity contribution is 0.306. The van der Waals surface area contributed by atoms with Crippen molar-refractivity contribution in [3.63, 3.8) is 0 Å². The number of aliphatic imine (C=N–C) groups is 1. The van der Waals surface area contributed by atoms with Gasteiger partial charge in [-0.1, -0.05) is 11.8 Å². The van der Waals surface area contributed by atoms with Crippen LogP contribution in [0.3, 0.4) is 0 Å². The third-order valence-corrected chi connectivity index (χ3v) is 8.04. The fraction of sp³-hybridized carbons (Fsp3) is 0.750. The van der Waals surface area contributed by atoms with E-state index in [1.54, 1.807) is 34.3 Å². The summed E-state index contributed by atoms with van der Waals surface area (Å²) in [6, 6.07) is 0.265. The second kappa shape index (κ2) is 11.1. The lowest BCUT2D eigenvalue weighted by atomic mass is 10.1. The fourth-order valence-corrected chi connectivity index (χ4v) is 5.44. The maximum atomic E-state index is 11.9. The minimum atomic E-state index is -3.07. The molecule has 1 saturated heterocycles. The highest BCUT2D eigenvalue weighted by Gasteiger charge is 2.26. The summed E-state index contributed by atoms with van der Waals surface area (Å²) >= 11 is 3.43. The average Bonchev–Trinajstić information content (AvgIpc) is 3.15. The van der Waals surface area contributed by atoms with E-state index in [1.807, 2.05) is 18.5 Å². The monoisotopic (exact) mass is 419 g/mol. The van der Waals surface area contributed by atoms with E-state index >= 15 is 0 Å². The Balaban J connectivity index is 1.73. The molecule has 2 heterocycles. The first-order valence-corrected chi connectivity index (χ1v) is 12.6. The Morgan fingerprint density at radius 1 is 1.42 bits per heavy atom. The second-order valence-corrected chi connectivity index (χ2v) is 10.5. The van der Waals surface area contributed by atoms with E-state index in [9.17, 15) is 8.42 Å². The van der Waals surface area contributed by atoms with Crippen LogP contribution in [0.5, 0.6) is 0 Å². The molecule has 1 fully saturated rings. The van der Waals surface area contributed by atoms with E-state index in [0.29, 0.717) is 13.1 Å². The van der Waals surface area contributed by atoms with Crippen LogP contribution in [0.15, 0.2) is 20.9 Å². The zero-order valence-electron chi connectivity index (χ0n) is 15.5. The van der Waals surface area contributed by atoms with Crippen molar-refractivity contribution < 1.29 is 8.42 Å². The van der Waals surface area contributed by atoms with Gasteiger partial charge in [-0.25, -0.2) is 17.7 Å². The topological polar surface area (TPSA) is 86.7 Å². The van der Waals surface area contributed by atoms with E-state index < -0.39 is 10.0 Å². The van der Waals surface area contributed by atoms with Crippen LogP contribution in [0.1, 0.15) is 33.1 Å². The van der Waals surface area contributed by atoms with E-state index in [0.717, 1.165) is 48.4 Å². The summed E-state index contributed by atoms with van der Waals surface area (Å²) in [5.74, 6) is 2.00. The van der Waals surface area contributed by atoms with Crippen LogP contribution >= 0.6 is 23.1 Å². The second-order valence-electron chi connectivity index (χ2n) is 5.98. The summed E-state index contributed by atoms with van der Waals surface area (Å²) in [5, 5.41) is 8.72. The van der Waals surface area contributed by atoms with Gasteiger partial charge in [0.1, 0.15) is 4.34 Å². The van der Waals surface area contributed by atoms with Crippen LogP contribution in [0.4, 0.5) is 0 Å². The molecule has 0 saturated carbocycles. The Labute approximate surface area is 165 Å². The van der Waals surface area contributed by atoms with E-state index in [4.69, 9.17) is 0 Å². The Bertz CT molecular complexity index is 641. The Hall–Kier alpha value is -0.840. The molecule has 1 aromatic heterocycles. The number of thioether (sulfide) groups is 1. The van der Waals surface area contributed by atoms with Crippen molar-refractivity contribution in [1.82, 2.24) is 19.9 Å². The first-order chi connectivity index (χ1) is 12.5. The van der Waals surface area contributed by atoms with Gasteiger partial charge in [-0.2, -0.15) is 0 Å². The molecule has 0 bridgehead atoms. The van der Waals surface area contributed by atoms with Crippen molar-refractivity contribution in [2.75, 3.05) is 37.7 Å². The van der Waals surface area contributed by atoms with Crippen molar-refractivity contribution in [2.24, 2.45) is 4.99 Å². The summed E-state index contributed by atoms with van der Waals surface area (Å²) in [4.78, 5) is 8.90. The number of sulfonamides is 1. The number of nitrogens with zero attached hydrogens (tertiary/aromatic N) is 3. The van der Waals surface area contributed by atoms with Crippen molar-refractivity contribution >= 4 is 39.1 Å². The van der Waals surface area contributed by atoms with Gasteiger partial charge < -0.3 is 10.6 Å². The molecule has 0 spiro atoms. The van der Waals surface area contributed by atoms with Crippen LogP contribution in [-0.4, -0.2) is 67.4 Å². The van der Waals surface area contributed by atoms with Crippen LogP contribution in [0.2, 0.25) is 0 Å². The highest BCUT2D eigenvalue weighted by molar-refractivity contribution is 8.01. The van der Waals surface area contributed by atoms with E-state index in [-0.39, 0.29) is 11.8 Å². The molecular formula is C16H29N5O2S3. The predicted octanol–water partition coefficient (Wildman–Crippen LogP) is 1.99. The number of guanidine groups is 1. The Morgan fingerprint density at radius 3 is 2.81 bits per heavy atom. The lowest BCUT2D eigenvalue weighted by Gasteiger charge is -2.32. The summed E-state index contributed by atoms with van der Waals surface area (Å²) in [7, 11) is -3.07. The van der Waals surface area contributed by atoms with Gasteiger partial charge in [0.25, 0.3) is 0 Å². The van der Waals surface area contributed by atoms with Crippen LogP contribution in [0, 0.1) is 0 Å². The highest BCUT2D eigenvalue weighted by atomic mass is 32.2. The summed E-state index contributed by atoms with van der Waals surface area (Å²) in [5.41, 5.74) is 0. The Kier molecular flexibility index (Phi) is 9.17. The molecule has 0 amide bonds. The molecule has 26 heavy (non-hydrogen) atoms. The van der Waals surface area contributed by atoms with Crippen LogP contribution in [-0.2, 0) is 10.0 Å². The number of hydrogen-bond donors (Lipinski definition) is 2. The van der Waals surface area contributed by atoms with Crippen LogP contribution in [0.25, 0.3) is 0 Å². The standard InChI is InChI=1S/C16H29N5O2S3/c1-3-17-15(18-8-5-12-24-16-19-9-13-25-16)20-14-6-10-21(11-7-14)26(22,23)4-2/h9,13-14H,3-8,10-12H2,1-2H3,(H2,17,18,20). The van der Waals surface area contributed by atoms with Gasteiger partial charge in [0.15, 0.2) is 5.96 Å². The number of rotatable bonds is 9. The molecule has 7 nitrogen and oxygen atoms in total. The van der Waals surface area contributed by atoms with Crippen LogP contribution < -0.4 is 10.6 Å². The van der Waals surface area contributed by atoms with Gasteiger partial charge in [-0.3, -0.25) is 4.99 Å². The van der Waals surface area contributed by atoms with Crippen molar-refractivity contribution in [3.05, 3.63) is 11.6 Å². The number of nitrogens with one attached hydrogen (secondary N) is 2. The molecule has 2 N–H and O–H groups in total. The number of thiazole rings is 1. The molecule has 1 aliphatic rings. The normalized spacial score (nSPS) is 17.4. The fourth-order valence-electron chi connectivity index (χ4n) is 2.67. The average molecular weight is 420 g/mol. The molecule has 0 unspecified atom stereocenters. The van der Waals surface area contributed by atoms with Gasteiger partial charge in [0, 0.05) is 49.6 Å². The number of piperidine rings is 1. The third-order valence-electron chi connectivity index (χ3n) is 4.10. The highest BCUT2D eigenvalue weighted by Crippen LogP contribution is 2.20. The lowest BCUT2D eigenvalue weighted by Crippen LogP contribution is -2.50. The third kappa shape index (κ3) is 7.05. The molecule has 0 radical (unpaired) electrons. The predicted molar refractivity (Wildman–Crippen MR) is 111 cm³/mol. The smallest absolute Gasteiger partial charge is 0.213 e. The van der Waals surface area contributed by atoms with Gasteiger partial charge in [-0.15, -0.1) is 11.3 Å². The molecular weight excluding hydrogens is 390 g/mol. The van der Waals surface area contributed by atoms with Gasteiger partial charge in [-0.05, 0) is 33.1 Å². The van der Waals surface area contributed by atoms with Crippen molar-refractivity contribution in [1.29, 1.82) is 0 Å².